The van der Waals surface area contributed by atoms with Gasteiger partial charge in [0.05, 0.1) is 0 Å². The largest absolute Gasteiger partial charge is 0.481 e. The number of nitrogens with zero attached hydrogens (tertiary/aromatic N) is 2. The number of carboxylic acids is 1. The quantitative estimate of drug-likeness (QED) is 0.269. The van der Waals surface area contributed by atoms with E-state index in [0.717, 1.165) is 38.0 Å². The highest BCUT2D eigenvalue weighted by Crippen LogP contribution is 2.22. The fourth-order valence-corrected chi connectivity index (χ4v) is 5.74. The van der Waals surface area contributed by atoms with E-state index in [9.17, 15) is 4.79 Å². The molecule has 2 atom stereocenters. The molecule has 0 fully saturated rings. The van der Waals surface area contributed by atoms with Gasteiger partial charge in [-0.05, 0) is 112 Å². The molecule has 210 valence electrons. The summed E-state index contributed by atoms with van der Waals surface area (Å²) in [6.45, 7) is 6.66. The van der Waals surface area contributed by atoms with Gasteiger partial charge in [-0.1, -0.05) is 65.0 Å². The van der Waals surface area contributed by atoms with Crippen LogP contribution in [0.15, 0.2) is 24.3 Å². The van der Waals surface area contributed by atoms with Crippen molar-refractivity contribution in [1.82, 2.24) is 9.97 Å². The lowest BCUT2D eigenvalue weighted by molar-refractivity contribution is -0.138. The van der Waals surface area contributed by atoms with E-state index in [0.29, 0.717) is 0 Å². The van der Waals surface area contributed by atoms with Gasteiger partial charge >= 0.3 is 5.97 Å². The van der Waals surface area contributed by atoms with Crippen LogP contribution in [0.1, 0.15) is 132 Å². The number of rotatable bonds is 13. The Morgan fingerprint density at radius 1 is 0.737 bits per heavy atom. The highest BCUT2D eigenvalue weighted by molar-refractivity contribution is 5.66. The van der Waals surface area contributed by atoms with Gasteiger partial charge in [0, 0.05) is 29.2 Å². The summed E-state index contributed by atoms with van der Waals surface area (Å²) in [7, 11) is 0. The number of aliphatic carboxylic acids is 1. The number of hydrogen-bond acceptors (Lipinski definition) is 3. The zero-order valence-electron chi connectivity index (χ0n) is 24.4. The summed E-state index contributed by atoms with van der Waals surface area (Å²) in [5.74, 6) is 0.485. The van der Waals surface area contributed by atoms with E-state index >= 15 is 0 Å². The molecule has 2 aromatic rings. The van der Waals surface area contributed by atoms with Gasteiger partial charge < -0.3 is 5.11 Å². The van der Waals surface area contributed by atoms with Crippen LogP contribution in [-0.2, 0) is 43.3 Å². The third kappa shape index (κ3) is 10.9. The molecule has 0 saturated carbocycles. The minimum atomic E-state index is -0.686. The van der Waals surface area contributed by atoms with Crippen molar-refractivity contribution in [3.8, 4) is 0 Å². The summed E-state index contributed by atoms with van der Waals surface area (Å²) in [4.78, 5) is 20.2. The number of carbonyl (C=O) groups is 1. The fraction of sp³-hybridized carbons (Fsp3) is 0.676. The Morgan fingerprint density at radius 3 is 1.68 bits per heavy atom. The van der Waals surface area contributed by atoms with Crippen molar-refractivity contribution in [2.24, 2.45) is 11.8 Å². The Balaban J connectivity index is 0.000000212. The monoisotopic (exact) mass is 520 g/mol. The lowest BCUT2D eigenvalue weighted by Crippen LogP contribution is -2.07. The van der Waals surface area contributed by atoms with E-state index in [1.165, 1.54) is 111 Å². The summed E-state index contributed by atoms with van der Waals surface area (Å²) >= 11 is 0. The first-order chi connectivity index (χ1) is 18.4. The predicted octanol–water partition coefficient (Wildman–Crippen LogP) is 8.50. The summed E-state index contributed by atoms with van der Waals surface area (Å²) in [6.07, 6.45) is 21.1. The minimum Gasteiger partial charge on any atom is -0.481 e. The van der Waals surface area contributed by atoms with Gasteiger partial charge in [0.25, 0.3) is 0 Å². The molecule has 0 aromatic carbocycles. The number of carboxylic acid groups (broad SMARTS) is 1. The molecule has 0 bridgehead atoms. The first-order valence-corrected chi connectivity index (χ1v) is 15.6. The van der Waals surface area contributed by atoms with Crippen molar-refractivity contribution >= 4 is 5.97 Å². The van der Waals surface area contributed by atoms with Gasteiger partial charge in [-0.15, -0.1) is 0 Å². The van der Waals surface area contributed by atoms with Crippen LogP contribution in [-0.4, -0.2) is 21.0 Å². The highest BCUT2D eigenvalue weighted by atomic mass is 16.4. The van der Waals surface area contributed by atoms with Gasteiger partial charge in [-0.3, -0.25) is 14.8 Å². The molecule has 0 radical (unpaired) electrons. The first-order valence-electron chi connectivity index (χ1n) is 15.6. The van der Waals surface area contributed by atoms with E-state index in [1.807, 2.05) is 6.92 Å². The maximum Gasteiger partial charge on any atom is 0.303 e. The van der Waals surface area contributed by atoms with Gasteiger partial charge in [0.1, 0.15) is 0 Å². The summed E-state index contributed by atoms with van der Waals surface area (Å²) in [5, 5.41) is 8.72. The summed E-state index contributed by atoms with van der Waals surface area (Å²) in [5.41, 5.74) is 8.17. The molecule has 2 aliphatic carbocycles. The van der Waals surface area contributed by atoms with Crippen molar-refractivity contribution in [2.75, 3.05) is 0 Å². The van der Waals surface area contributed by atoms with Gasteiger partial charge in [0.15, 0.2) is 0 Å². The average molecular weight is 521 g/mol. The molecule has 1 N–H and O–H groups in total. The zero-order chi connectivity index (χ0) is 27.2. The first kappa shape index (κ1) is 30.3. The molecule has 38 heavy (non-hydrogen) atoms. The van der Waals surface area contributed by atoms with Crippen LogP contribution in [0.2, 0.25) is 0 Å². The standard InChI is InChI=1S/C17H25NO2.C17H27N/c1-13(12-17(19)20)6-2-4-8-15-11-10-14-7-3-5-9-16(14)18-15;1-3-14(2)8-4-6-10-16-13-12-15-9-5-7-11-17(15)18-16/h10-11,13H,2-9,12H2,1H3,(H,19,20);12-14H,3-11H2,1-2H3/t;14-/m.1/s1. The lowest BCUT2D eigenvalue weighted by atomic mass is 9.95. The Bertz CT molecular complexity index is 986. The van der Waals surface area contributed by atoms with Gasteiger partial charge in [-0.2, -0.15) is 0 Å². The van der Waals surface area contributed by atoms with Crippen molar-refractivity contribution in [3.05, 3.63) is 58.2 Å². The maximum absolute atomic E-state index is 10.6. The van der Waals surface area contributed by atoms with Crippen LogP contribution < -0.4 is 0 Å². The van der Waals surface area contributed by atoms with E-state index < -0.39 is 5.97 Å². The molecular formula is C34H52N2O2. The second-order valence-corrected chi connectivity index (χ2v) is 11.9. The third-order valence-corrected chi connectivity index (χ3v) is 8.45. The highest BCUT2D eigenvalue weighted by Gasteiger charge is 2.12. The van der Waals surface area contributed by atoms with E-state index in [1.54, 1.807) is 0 Å². The predicted molar refractivity (Wildman–Crippen MR) is 158 cm³/mol. The smallest absolute Gasteiger partial charge is 0.303 e. The van der Waals surface area contributed by atoms with Crippen LogP contribution >= 0.6 is 0 Å². The number of pyridine rings is 2. The summed E-state index contributed by atoms with van der Waals surface area (Å²) < 4.78 is 0. The Kier molecular flexibility index (Phi) is 13.3. The second kappa shape index (κ2) is 16.7. The van der Waals surface area contributed by atoms with Crippen LogP contribution in [0, 0.1) is 11.8 Å². The maximum atomic E-state index is 10.6. The van der Waals surface area contributed by atoms with Crippen LogP contribution in [0.3, 0.4) is 0 Å². The van der Waals surface area contributed by atoms with Crippen molar-refractivity contribution in [3.63, 3.8) is 0 Å². The van der Waals surface area contributed by atoms with E-state index in [-0.39, 0.29) is 12.3 Å². The van der Waals surface area contributed by atoms with Crippen molar-refractivity contribution in [2.45, 2.75) is 136 Å². The van der Waals surface area contributed by atoms with Crippen LogP contribution in [0.4, 0.5) is 0 Å². The average Bonchev–Trinajstić information content (AvgIpc) is 2.93. The topological polar surface area (TPSA) is 63.1 Å². The van der Waals surface area contributed by atoms with E-state index in [4.69, 9.17) is 15.1 Å². The number of aryl methyl sites for hydroxylation is 6. The summed E-state index contributed by atoms with van der Waals surface area (Å²) in [6, 6.07) is 9.01. The molecule has 0 saturated heterocycles. The molecule has 0 spiro atoms. The molecule has 2 heterocycles. The molecule has 4 heteroatoms. The lowest BCUT2D eigenvalue weighted by Gasteiger charge is -2.15. The Morgan fingerprint density at radius 2 is 1.21 bits per heavy atom. The number of hydrogen-bond donors (Lipinski definition) is 1. The fourth-order valence-electron chi connectivity index (χ4n) is 5.74. The van der Waals surface area contributed by atoms with Crippen molar-refractivity contribution < 1.29 is 9.90 Å². The zero-order valence-corrected chi connectivity index (χ0v) is 24.4. The molecule has 4 rings (SSSR count). The SMILES string of the molecule is CC(CCCCc1ccc2c(n1)CCCC2)CC(=O)O.CC[C@@H](C)CCCCc1ccc2c(n1)CCCC2. The Hall–Kier alpha value is -2.23. The second-order valence-electron chi connectivity index (χ2n) is 11.9. The molecule has 4 nitrogen and oxygen atoms in total. The van der Waals surface area contributed by atoms with Gasteiger partial charge in [0.2, 0.25) is 0 Å². The van der Waals surface area contributed by atoms with Crippen LogP contribution in [0.25, 0.3) is 0 Å². The molecule has 0 aliphatic heterocycles. The molecule has 0 amide bonds. The minimum absolute atomic E-state index is 0.281. The Labute approximate surface area is 232 Å². The number of fused-ring (bicyclic) bond motifs is 2. The van der Waals surface area contributed by atoms with Crippen LogP contribution in [0.5, 0.6) is 0 Å². The van der Waals surface area contributed by atoms with Gasteiger partial charge in [-0.25, -0.2) is 0 Å². The normalized spacial score (nSPS) is 16.0. The number of unbranched alkanes of at least 4 members (excludes halogenated alkanes) is 2. The third-order valence-electron chi connectivity index (χ3n) is 8.45. The molecular weight excluding hydrogens is 468 g/mol. The van der Waals surface area contributed by atoms with E-state index in [2.05, 4.69) is 38.1 Å². The molecule has 2 aliphatic rings. The number of aromatic nitrogens is 2. The van der Waals surface area contributed by atoms with Crippen molar-refractivity contribution in [1.29, 1.82) is 0 Å². The molecule has 2 aromatic heterocycles. The molecule has 1 unspecified atom stereocenters.